The molecule has 1 aromatic heterocycles. The maximum absolute atomic E-state index is 12.5. The summed E-state index contributed by atoms with van der Waals surface area (Å²) >= 11 is 0. The van der Waals surface area contributed by atoms with Gasteiger partial charge in [0, 0.05) is 6.20 Å². The van der Waals surface area contributed by atoms with Gasteiger partial charge in [0.2, 0.25) is 0 Å². The summed E-state index contributed by atoms with van der Waals surface area (Å²) in [5.41, 5.74) is 0. The smallest absolute Gasteiger partial charge is 0.268 e. The molecule has 0 unspecified atom stereocenters. The molecule has 0 atom stereocenters. The number of hydrogen-bond acceptors (Lipinski definition) is 3. The van der Waals surface area contributed by atoms with Crippen LogP contribution in [0.1, 0.15) is 31.7 Å². The highest BCUT2D eigenvalue weighted by atomic mass is 32.3. The first-order valence-electron chi connectivity index (χ1n) is 4.56. The van der Waals surface area contributed by atoms with Crippen molar-refractivity contribution in [1.29, 1.82) is 0 Å². The lowest BCUT2D eigenvalue weighted by atomic mass is 10.3. The number of aromatic nitrogens is 2. The van der Waals surface area contributed by atoms with E-state index in [0.717, 1.165) is 31.9 Å². The van der Waals surface area contributed by atoms with E-state index < -0.39 is 10.2 Å². The van der Waals surface area contributed by atoms with Gasteiger partial charge >= 0.3 is 10.2 Å². The Morgan fingerprint density at radius 3 is 2.57 bits per heavy atom. The normalized spacial score (nSPS) is 18.9. The van der Waals surface area contributed by atoms with Crippen LogP contribution in [-0.2, 0) is 10.2 Å². The van der Waals surface area contributed by atoms with Gasteiger partial charge in [0.05, 0.1) is 12.2 Å². The zero-order valence-electron chi connectivity index (χ0n) is 7.56. The summed E-state index contributed by atoms with van der Waals surface area (Å²) in [7, 11) is -4.59. The van der Waals surface area contributed by atoms with E-state index in [1.807, 2.05) is 0 Å². The highest BCUT2D eigenvalue weighted by molar-refractivity contribution is 7.86. The maximum atomic E-state index is 12.5. The summed E-state index contributed by atoms with van der Waals surface area (Å²) in [6, 6.07) is 0.241. The van der Waals surface area contributed by atoms with Crippen molar-refractivity contribution in [3.05, 3.63) is 12.4 Å². The van der Waals surface area contributed by atoms with Crippen LogP contribution in [0.25, 0.3) is 0 Å². The van der Waals surface area contributed by atoms with Crippen LogP contribution in [0.5, 0.6) is 0 Å². The summed E-state index contributed by atoms with van der Waals surface area (Å²) < 4.78 is 35.2. The Kier molecular flexibility index (Phi) is 2.30. The predicted molar refractivity (Wildman–Crippen MR) is 48.0 cm³/mol. The van der Waals surface area contributed by atoms with E-state index in [0.29, 0.717) is 0 Å². The van der Waals surface area contributed by atoms with Crippen LogP contribution in [0.15, 0.2) is 17.3 Å². The third-order valence-corrected chi connectivity index (χ3v) is 3.33. The van der Waals surface area contributed by atoms with Crippen molar-refractivity contribution in [3.63, 3.8) is 0 Å². The molecule has 78 valence electrons. The van der Waals surface area contributed by atoms with E-state index >= 15 is 0 Å². The highest BCUT2D eigenvalue weighted by Crippen LogP contribution is 2.29. The Morgan fingerprint density at radius 2 is 2.07 bits per heavy atom. The molecule has 14 heavy (non-hydrogen) atoms. The van der Waals surface area contributed by atoms with Crippen LogP contribution in [0.4, 0.5) is 3.89 Å². The lowest BCUT2D eigenvalue weighted by Gasteiger charge is -2.07. The lowest BCUT2D eigenvalue weighted by Crippen LogP contribution is -2.04. The van der Waals surface area contributed by atoms with Crippen LogP contribution < -0.4 is 0 Å². The van der Waals surface area contributed by atoms with E-state index in [-0.39, 0.29) is 10.9 Å². The average molecular weight is 218 g/mol. The first-order chi connectivity index (χ1) is 6.57. The molecule has 1 fully saturated rings. The second kappa shape index (κ2) is 3.34. The van der Waals surface area contributed by atoms with Gasteiger partial charge in [-0.25, -0.2) is 0 Å². The zero-order valence-corrected chi connectivity index (χ0v) is 8.37. The molecule has 1 aliphatic rings. The first-order valence-corrected chi connectivity index (χ1v) is 5.94. The van der Waals surface area contributed by atoms with Crippen molar-refractivity contribution in [2.24, 2.45) is 0 Å². The SMILES string of the molecule is O=S(=O)(F)c1cnn(C2CCCC2)c1. The van der Waals surface area contributed by atoms with Crippen LogP contribution in [0, 0.1) is 0 Å². The van der Waals surface area contributed by atoms with E-state index in [1.165, 1.54) is 6.20 Å². The molecule has 0 bridgehead atoms. The predicted octanol–water partition coefficient (Wildman–Crippen LogP) is 1.66. The molecule has 6 heteroatoms. The minimum atomic E-state index is -4.59. The minimum absolute atomic E-state index is 0.241. The van der Waals surface area contributed by atoms with E-state index in [4.69, 9.17) is 0 Å². The van der Waals surface area contributed by atoms with Crippen LogP contribution in [0.3, 0.4) is 0 Å². The Balaban J connectivity index is 2.25. The highest BCUT2D eigenvalue weighted by Gasteiger charge is 2.20. The zero-order chi connectivity index (χ0) is 10.2. The maximum Gasteiger partial charge on any atom is 0.335 e. The molecule has 1 aliphatic carbocycles. The molecule has 1 heterocycles. The molecule has 1 saturated carbocycles. The Labute approximate surface area is 81.9 Å². The molecule has 0 amide bonds. The van der Waals surface area contributed by atoms with Gasteiger partial charge in [-0.15, -0.1) is 3.89 Å². The number of rotatable bonds is 2. The van der Waals surface area contributed by atoms with Gasteiger partial charge in [0.1, 0.15) is 4.90 Å². The molecule has 0 aromatic carbocycles. The molecule has 1 aromatic rings. The van der Waals surface area contributed by atoms with E-state index in [1.54, 1.807) is 4.68 Å². The monoisotopic (exact) mass is 218 g/mol. The Bertz CT molecular complexity index is 420. The molecule has 4 nitrogen and oxygen atoms in total. The molecular formula is C8H11FN2O2S. The fourth-order valence-corrected chi connectivity index (χ4v) is 2.22. The third kappa shape index (κ3) is 1.79. The van der Waals surface area contributed by atoms with Gasteiger partial charge in [0.25, 0.3) is 0 Å². The molecule has 0 spiro atoms. The van der Waals surface area contributed by atoms with Crippen molar-refractivity contribution < 1.29 is 12.3 Å². The Hall–Kier alpha value is -0.910. The van der Waals surface area contributed by atoms with Crippen LogP contribution in [-0.4, -0.2) is 18.2 Å². The summed E-state index contributed by atoms with van der Waals surface area (Å²) in [6.45, 7) is 0. The second-order valence-corrected chi connectivity index (χ2v) is 4.88. The third-order valence-electron chi connectivity index (χ3n) is 2.56. The van der Waals surface area contributed by atoms with E-state index in [2.05, 4.69) is 5.10 Å². The largest absolute Gasteiger partial charge is 0.335 e. The lowest BCUT2D eigenvalue weighted by molar-refractivity contribution is 0.465. The topological polar surface area (TPSA) is 52.0 Å². The van der Waals surface area contributed by atoms with Gasteiger partial charge in [-0.3, -0.25) is 4.68 Å². The van der Waals surface area contributed by atoms with Crippen molar-refractivity contribution in [2.75, 3.05) is 0 Å². The minimum Gasteiger partial charge on any atom is -0.268 e. The van der Waals surface area contributed by atoms with E-state index in [9.17, 15) is 12.3 Å². The summed E-state index contributed by atoms with van der Waals surface area (Å²) in [5.74, 6) is 0. The quantitative estimate of drug-likeness (QED) is 0.709. The van der Waals surface area contributed by atoms with Crippen molar-refractivity contribution >= 4 is 10.2 Å². The molecule has 0 radical (unpaired) electrons. The fraction of sp³-hybridized carbons (Fsp3) is 0.625. The summed E-state index contributed by atoms with van der Waals surface area (Å²) in [4.78, 5) is -0.343. The van der Waals surface area contributed by atoms with Crippen LogP contribution >= 0.6 is 0 Å². The van der Waals surface area contributed by atoms with Gasteiger partial charge in [-0.05, 0) is 12.8 Å². The fourth-order valence-electron chi connectivity index (χ4n) is 1.82. The van der Waals surface area contributed by atoms with Crippen molar-refractivity contribution in [2.45, 2.75) is 36.6 Å². The van der Waals surface area contributed by atoms with Crippen molar-refractivity contribution in [1.82, 2.24) is 9.78 Å². The average Bonchev–Trinajstić information content (AvgIpc) is 2.73. The summed E-state index contributed by atoms with van der Waals surface area (Å²) in [5, 5.41) is 3.86. The first kappa shape index (κ1) is 9.64. The molecular weight excluding hydrogens is 207 g/mol. The second-order valence-electron chi connectivity index (χ2n) is 3.53. The Morgan fingerprint density at radius 1 is 1.43 bits per heavy atom. The molecule has 0 aliphatic heterocycles. The number of halogens is 1. The van der Waals surface area contributed by atoms with Gasteiger partial charge in [0.15, 0.2) is 0 Å². The molecule has 0 saturated heterocycles. The van der Waals surface area contributed by atoms with Crippen LogP contribution in [0.2, 0.25) is 0 Å². The number of nitrogens with zero attached hydrogens (tertiary/aromatic N) is 2. The van der Waals surface area contributed by atoms with Crippen molar-refractivity contribution in [3.8, 4) is 0 Å². The van der Waals surface area contributed by atoms with Gasteiger partial charge in [-0.1, -0.05) is 12.8 Å². The molecule has 0 N–H and O–H groups in total. The van der Waals surface area contributed by atoms with Gasteiger partial charge in [-0.2, -0.15) is 13.5 Å². The summed E-state index contributed by atoms with van der Waals surface area (Å²) in [6.07, 6.45) is 6.57. The number of hydrogen-bond donors (Lipinski definition) is 0. The van der Waals surface area contributed by atoms with Gasteiger partial charge < -0.3 is 0 Å². The standard InChI is InChI=1S/C8H11FN2O2S/c9-14(12,13)8-5-10-11(6-8)7-3-1-2-4-7/h5-7H,1-4H2. The molecule has 2 rings (SSSR count).